The quantitative estimate of drug-likeness (QED) is 0.768. The molecule has 6 heteroatoms. The predicted molar refractivity (Wildman–Crippen MR) is 82.7 cm³/mol. The molecule has 0 bridgehead atoms. The monoisotopic (exact) mass is 314 g/mol. The van der Waals surface area contributed by atoms with Gasteiger partial charge in [-0.1, -0.05) is 29.3 Å². The number of halogens is 3. The van der Waals surface area contributed by atoms with Crippen molar-refractivity contribution >= 4 is 51.9 Å². The molecular weight excluding hydrogens is 306 g/mol. The summed E-state index contributed by atoms with van der Waals surface area (Å²) in [5, 5.41) is 7.05. The van der Waals surface area contributed by atoms with E-state index in [4.69, 9.17) is 35.4 Å². The number of anilines is 2. The number of hydrogen-bond acceptors (Lipinski definition) is 1. The van der Waals surface area contributed by atoms with Gasteiger partial charge >= 0.3 is 0 Å². The Morgan fingerprint density at radius 3 is 2.53 bits per heavy atom. The van der Waals surface area contributed by atoms with E-state index in [0.29, 0.717) is 15.8 Å². The molecule has 0 heterocycles. The molecule has 0 unspecified atom stereocenters. The summed E-state index contributed by atoms with van der Waals surface area (Å²) in [6.07, 6.45) is 0. The third-order valence-electron chi connectivity index (χ3n) is 2.26. The van der Waals surface area contributed by atoms with E-state index in [1.165, 1.54) is 18.2 Å². The summed E-state index contributed by atoms with van der Waals surface area (Å²) in [4.78, 5) is 0. The van der Waals surface area contributed by atoms with Gasteiger partial charge in [0.1, 0.15) is 5.82 Å². The van der Waals surface area contributed by atoms with E-state index in [1.54, 1.807) is 18.2 Å². The minimum atomic E-state index is -0.399. The highest BCUT2D eigenvalue weighted by molar-refractivity contribution is 7.80. The second-order valence-electron chi connectivity index (χ2n) is 3.71. The first-order valence-electron chi connectivity index (χ1n) is 5.33. The molecule has 0 aromatic heterocycles. The Labute approximate surface area is 125 Å². The molecule has 0 saturated carbocycles. The Hall–Kier alpha value is -1.36. The minimum Gasteiger partial charge on any atom is -0.332 e. The fourth-order valence-corrected chi connectivity index (χ4v) is 2.07. The zero-order valence-corrected chi connectivity index (χ0v) is 11.9. The molecule has 2 rings (SSSR count). The van der Waals surface area contributed by atoms with Gasteiger partial charge in [-0.3, -0.25) is 0 Å². The van der Waals surface area contributed by atoms with Crippen molar-refractivity contribution in [1.29, 1.82) is 0 Å². The van der Waals surface area contributed by atoms with Gasteiger partial charge in [-0.05, 0) is 48.6 Å². The van der Waals surface area contributed by atoms with Gasteiger partial charge in [0.25, 0.3) is 0 Å². The molecule has 2 aromatic carbocycles. The SMILES string of the molecule is Fc1ccc(NC(=S)Nc2cccc(Cl)c2)c(Cl)c1. The van der Waals surface area contributed by atoms with Crippen LogP contribution in [0, 0.1) is 5.82 Å². The van der Waals surface area contributed by atoms with Crippen molar-refractivity contribution in [1.82, 2.24) is 0 Å². The third-order valence-corrected chi connectivity index (χ3v) is 3.01. The van der Waals surface area contributed by atoms with Crippen LogP contribution in [0.3, 0.4) is 0 Å². The summed E-state index contributed by atoms with van der Waals surface area (Å²) in [7, 11) is 0. The Morgan fingerprint density at radius 1 is 1.05 bits per heavy atom. The van der Waals surface area contributed by atoms with E-state index >= 15 is 0 Å². The van der Waals surface area contributed by atoms with Crippen molar-refractivity contribution in [2.45, 2.75) is 0 Å². The molecule has 98 valence electrons. The van der Waals surface area contributed by atoms with Crippen LogP contribution in [0.2, 0.25) is 10.0 Å². The maximum Gasteiger partial charge on any atom is 0.175 e. The van der Waals surface area contributed by atoms with Crippen LogP contribution in [0.4, 0.5) is 15.8 Å². The van der Waals surface area contributed by atoms with Gasteiger partial charge in [-0.2, -0.15) is 0 Å². The molecule has 2 N–H and O–H groups in total. The van der Waals surface area contributed by atoms with Crippen LogP contribution in [0.1, 0.15) is 0 Å². The van der Waals surface area contributed by atoms with Crippen LogP contribution in [0.25, 0.3) is 0 Å². The second kappa shape index (κ2) is 6.19. The Morgan fingerprint density at radius 2 is 1.84 bits per heavy atom. The fourth-order valence-electron chi connectivity index (χ4n) is 1.44. The van der Waals surface area contributed by atoms with Gasteiger partial charge < -0.3 is 10.6 Å². The van der Waals surface area contributed by atoms with Crippen LogP contribution >= 0.6 is 35.4 Å². The zero-order chi connectivity index (χ0) is 13.8. The van der Waals surface area contributed by atoms with E-state index in [0.717, 1.165) is 5.69 Å². The highest BCUT2D eigenvalue weighted by Gasteiger charge is 2.04. The van der Waals surface area contributed by atoms with Crippen LogP contribution in [0.5, 0.6) is 0 Å². The van der Waals surface area contributed by atoms with Crippen LogP contribution in [-0.4, -0.2) is 5.11 Å². The van der Waals surface area contributed by atoms with Crippen LogP contribution in [0.15, 0.2) is 42.5 Å². The van der Waals surface area contributed by atoms with E-state index in [2.05, 4.69) is 10.6 Å². The van der Waals surface area contributed by atoms with Crippen molar-refractivity contribution in [3.8, 4) is 0 Å². The summed E-state index contributed by atoms with van der Waals surface area (Å²) in [6.45, 7) is 0. The highest BCUT2D eigenvalue weighted by Crippen LogP contribution is 2.23. The molecule has 0 radical (unpaired) electrons. The lowest BCUT2D eigenvalue weighted by Gasteiger charge is -2.11. The minimum absolute atomic E-state index is 0.259. The summed E-state index contributed by atoms with van der Waals surface area (Å²) in [5.41, 5.74) is 1.28. The Bertz CT molecular complexity index is 619. The van der Waals surface area contributed by atoms with Gasteiger partial charge in [-0.25, -0.2) is 4.39 Å². The molecular formula is C13H9Cl2FN2S. The maximum atomic E-state index is 12.9. The second-order valence-corrected chi connectivity index (χ2v) is 4.97. The fraction of sp³-hybridized carbons (Fsp3) is 0. The molecule has 0 aliphatic carbocycles. The van der Waals surface area contributed by atoms with E-state index in [-0.39, 0.29) is 5.02 Å². The molecule has 2 nitrogen and oxygen atoms in total. The smallest absolute Gasteiger partial charge is 0.175 e. The largest absolute Gasteiger partial charge is 0.332 e. The number of rotatable bonds is 2. The molecule has 0 spiro atoms. The van der Waals surface area contributed by atoms with E-state index in [1.807, 2.05) is 6.07 Å². The third kappa shape index (κ3) is 4.06. The van der Waals surface area contributed by atoms with Crippen molar-refractivity contribution in [3.05, 3.63) is 58.3 Å². The average Bonchev–Trinajstić information content (AvgIpc) is 2.33. The molecule has 19 heavy (non-hydrogen) atoms. The molecule has 2 aromatic rings. The van der Waals surface area contributed by atoms with E-state index < -0.39 is 5.82 Å². The first-order chi connectivity index (χ1) is 9.04. The molecule has 0 fully saturated rings. The molecule has 0 amide bonds. The summed E-state index contributed by atoms with van der Waals surface area (Å²) < 4.78 is 12.9. The molecule has 0 atom stereocenters. The summed E-state index contributed by atoms with van der Waals surface area (Å²) in [5.74, 6) is -0.399. The Kier molecular flexibility index (Phi) is 4.58. The summed E-state index contributed by atoms with van der Waals surface area (Å²) in [6, 6.07) is 11.2. The lowest BCUT2D eigenvalue weighted by molar-refractivity contribution is 0.628. The Balaban J connectivity index is 2.05. The van der Waals surface area contributed by atoms with E-state index in [9.17, 15) is 4.39 Å². The standard InChI is InChI=1S/C13H9Cl2FN2S/c14-8-2-1-3-10(6-8)17-13(19)18-12-5-4-9(16)7-11(12)15/h1-7H,(H2,17,18,19). The number of hydrogen-bond donors (Lipinski definition) is 2. The summed E-state index contributed by atoms with van der Waals surface area (Å²) >= 11 is 16.9. The number of nitrogens with one attached hydrogen (secondary N) is 2. The van der Waals surface area contributed by atoms with Crippen LogP contribution in [-0.2, 0) is 0 Å². The number of thiocarbonyl (C=S) groups is 1. The van der Waals surface area contributed by atoms with Gasteiger partial charge in [-0.15, -0.1) is 0 Å². The van der Waals surface area contributed by atoms with Gasteiger partial charge in [0.05, 0.1) is 10.7 Å². The van der Waals surface area contributed by atoms with Crippen molar-refractivity contribution in [2.24, 2.45) is 0 Å². The maximum absolute atomic E-state index is 12.9. The van der Waals surface area contributed by atoms with Gasteiger partial charge in [0.2, 0.25) is 0 Å². The van der Waals surface area contributed by atoms with Crippen LogP contribution < -0.4 is 10.6 Å². The zero-order valence-electron chi connectivity index (χ0n) is 9.58. The first-order valence-corrected chi connectivity index (χ1v) is 6.49. The van der Waals surface area contributed by atoms with Crippen molar-refractivity contribution in [2.75, 3.05) is 10.6 Å². The predicted octanol–water partition coefficient (Wildman–Crippen LogP) is 4.94. The molecule has 0 aliphatic rings. The molecule has 0 saturated heterocycles. The first kappa shape index (κ1) is 14.1. The lowest BCUT2D eigenvalue weighted by atomic mass is 10.3. The van der Waals surface area contributed by atoms with Gasteiger partial charge in [0, 0.05) is 10.7 Å². The normalized spacial score (nSPS) is 10.1. The molecule has 0 aliphatic heterocycles. The topological polar surface area (TPSA) is 24.1 Å². The van der Waals surface area contributed by atoms with Gasteiger partial charge in [0.15, 0.2) is 5.11 Å². The lowest BCUT2D eigenvalue weighted by Crippen LogP contribution is -2.19. The number of benzene rings is 2. The van der Waals surface area contributed by atoms with Crippen molar-refractivity contribution < 1.29 is 4.39 Å². The average molecular weight is 315 g/mol. The van der Waals surface area contributed by atoms with Crippen molar-refractivity contribution in [3.63, 3.8) is 0 Å². The highest BCUT2D eigenvalue weighted by atomic mass is 35.5.